The molecular weight excluding hydrogens is 507 g/mol. The minimum atomic E-state index is -5.13. The van der Waals surface area contributed by atoms with Gasteiger partial charge in [-0.2, -0.15) is 13.2 Å². The van der Waals surface area contributed by atoms with E-state index in [-0.39, 0.29) is 32.2 Å². The van der Waals surface area contributed by atoms with Crippen molar-refractivity contribution < 1.29 is 40.8 Å². The number of alkyl halides is 4. The number of aliphatic hydroxyl groups excluding tert-OH is 1. The van der Waals surface area contributed by atoms with E-state index in [1.807, 2.05) is 0 Å². The number of aryl methyl sites for hydroxylation is 1. The van der Waals surface area contributed by atoms with E-state index in [0.29, 0.717) is 34.9 Å². The lowest BCUT2D eigenvalue weighted by molar-refractivity contribution is -0.228. The lowest BCUT2D eigenvalue weighted by Gasteiger charge is -2.44. The van der Waals surface area contributed by atoms with Crippen molar-refractivity contribution in [3.63, 3.8) is 0 Å². The van der Waals surface area contributed by atoms with Crippen LogP contribution < -0.4 is 0 Å². The molecule has 1 N–H and O–H groups in total. The van der Waals surface area contributed by atoms with Crippen LogP contribution in [-0.4, -0.2) is 64.6 Å². The third kappa shape index (κ3) is 4.08. The highest BCUT2D eigenvalue weighted by atomic mass is 19.4. The summed E-state index contributed by atoms with van der Waals surface area (Å²) in [7, 11) is 0. The van der Waals surface area contributed by atoms with Crippen molar-refractivity contribution in [1.82, 2.24) is 9.80 Å². The molecule has 0 bridgehead atoms. The van der Waals surface area contributed by atoms with Crippen molar-refractivity contribution in [2.24, 2.45) is 0 Å². The van der Waals surface area contributed by atoms with E-state index in [9.17, 15) is 36.6 Å². The van der Waals surface area contributed by atoms with Crippen LogP contribution in [-0.2, 0) is 33.5 Å². The van der Waals surface area contributed by atoms with Crippen LogP contribution in [0.3, 0.4) is 0 Å². The van der Waals surface area contributed by atoms with Gasteiger partial charge in [0, 0.05) is 35.5 Å². The van der Waals surface area contributed by atoms with E-state index in [2.05, 4.69) is 0 Å². The molecule has 5 rings (SSSR count). The first-order valence-electron chi connectivity index (χ1n) is 13.9. The number of halogens is 5. The van der Waals surface area contributed by atoms with Crippen LogP contribution in [0.5, 0.6) is 0 Å². The number of hydrogen-bond acceptors (Lipinski definition) is 3. The molecular formula is C28H29F5N2O3. The molecule has 204 valence electrons. The molecule has 0 saturated carbocycles. The van der Waals surface area contributed by atoms with E-state index in [4.69, 9.17) is 4.11 Å². The predicted octanol–water partition coefficient (Wildman–Crippen LogP) is 4.19. The molecule has 38 heavy (non-hydrogen) atoms. The second-order valence-electron chi connectivity index (χ2n) is 10.6. The highest BCUT2D eigenvalue weighted by Crippen LogP contribution is 2.51. The zero-order chi connectivity index (χ0) is 30.1. The van der Waals surface area contributed by atoms with Crippen LogP contribution in [0.1, 0.15) is 52.6 Å². The van der Waals surface area contributed by atoms with Gasteiger partial charge in [-0.1, -0.05) is 30.3 Å². The van der Waals surface area contributed by atoms with Gasteiger partial charge >= 0.3 is 6.18 Å². The molecule has 2 aliphatic heterocycles. The monoisotopic (exact) mass is 539 g/mol. The summed E-state index contributed by atoms with van der Waals surface area (Å²) >= 11 is 0. The number of fused-ring (bicyclic) bond motifs is 3. The average molecular weight is 540 g/mol. The number of likely N-dealkylation sites (tertiary alicyclic amines) is 2. The van der Waals surface area contributed by atoms with Crippen molar-refractivity contribution >= 4 is 11.8 Å². The summed E-state index contributed by atoms with van der Waals surface area (Å²) in [5.41, 5.74) is -3.09. The van der Waals surface area contributed by atoms with Crippen molar-refractivity contribution in [3.8, 4) is 0 Å². The van der Waals surface area contributed by atoms with Gasteiger partial charge in [0.2, 0.25) is 11.6 Å². The summed E-state index contributed by atoms with van der Waals surface area (Å²) in [6, 6.07) is 7.57. The molecule has 10 heteroatoms. The van der Waals surface area contributed by atoms with Gasteiger partial charge in [-0.3, -0.25) is 9.59 Å². The average Bonchev–Trinajstić information content (AvgIpc) is 3.41. The number of carbonyl (C=O) groups excluding carboxylic acids is 2. The largest absolute Gasteiger partial charge is 0.426 e. The smallest absolute Gasteiger partial charge is 0.383 e. The van der Waals surface area contributed by atoms with E-state index < -0.39 is 65.6 Å². The third-order valence-electron chi connectivity index (χ3n) is 8.50. The number of rotatable bonds is 4. The number of amides is 2. The maximum Gasteiger partial charge on any atom is 0.426 e. The number of hydrogen-bond donors (Lipinski definition) is 1. The van der Waals surface area contributed by atoms with Crippen LogP contribution in [0.2, 0.25) is 0 Å². The second-order valence-corrected chi connectivity index (χ2v) is 10.6. The Kier molecular flexibility index (Phi) is 5.45. The first-order valence-corrected chi connectivity index (χ1v) is 12.4. The maximum atomic E-state index is 14.9. The van der Waals surface area contributed by atoms with Crippen molar-refractivity contribution in [1.29, 1.82) is 0 Å². The summed E-state index contributed by atoms with van der Waals surface area (Å²) in [5, 5.41) is 10.1. The van der Waals surface area contributed by atoms with E-state index >= 15 is 0 Å². The number of benzene rings is 2. The lowest BCUT2D eigenvalue weighted by Crippen LogP contribution is -2.53. The third-order valence-corrected chi connectivity index (χ3v) is 8.50. The molecule has 5 atom stereocenters. The standard InChI is InChI=1S/C28H29F5N2O3/c1-26(30,28(31,32)33)18-6-9-20-17(13-18)5-10-23-27(20,15-16-3-7-19(29)8-4-16)11-12-35(23)24(37)21-14-22(36)25(38)34(21)2/h3-4,6-9,13,21-23,36H,5,10-12,14-15H2,1-2H3/t21-,22-,23+,26?,27+/m0/s1/i2D3. The predicted molar refractivity (Wildman–Crippen MR) is 128 cm³/mol. The molecule has 0 spiro atoms. The molecule has 0 aromatic heterocycles. The first-order chi connectivity index (χ1) is 19.0. The Bertz CT molecular complexity index is 1370. The Morgan fingerprint density at radius 3 is 2.55 bits per heavy atom. The van der Waals surface area contributed by atoms with Crippen LogP contribution in [0.15, 0.2) is 42.5 Å². The fourth-order valence-electron chi connectivity index (χ4n) is 6.39. The van der Waals surface area contributed by atoms with Crippen LogP contribution in [0.4, 0.5) is 22.0 Å². The van der Waals surface area contributed by atoms with Gasteiger partial charge in [0.05, 0.1) is 0 Å². The van der Waals surface area contributed by atoms with Crippen molar-refractivity contribution in [2.45, 2.75) is 74.5 Å². The summed E-state index contributed by atoms with van der Waals surface area (Å²) < 4.78 is 92.3. The maximum absolute atomic E-state index is 14.9. The van der Waals surface area contributed by atoms with Crippen molar-refractivity contribution in [3.05, 3.63) is 70.5 Å². The molecule has 2 aromatic rings. The van der Waals surface area contributed by atoms with Crippen LogP contribution in [0, 0.1) is 5.82 Å². The minimum Gasteiger partial charge on any atom is -0.383 e. The fourth-order valence-corrected chi connectivity index (χ4v) is 6.39. The van der Waals surface area contributed by atoms with Gasteiger partial charge in [-0.25, -0.2) is 8.78 Å². The number of likely N-dealkylation sites (N-methyl/N-ethyl adjacent to an activating group) is 1. The van der Waals surface area contributed by atoms with E-state index in [0.717, 1.165) is 6.07 Å². The molecule has 2 heterocycles. The number of carbonyl (C=O) groups is 2. The van der Waals surface area contributed by atoms with Crippen LogP contribution >= 0.6 is 0 Å². The summed E-state index contributed by atoms with van der Waals surface area (Å²) in [4.78, 5) is 28.2. The Hall–Kier alpha value is -3.01. The van der Waals surface area contributed by atoms with E-state index in [1.54, 1.807) is 12.1 Å². The summed E-state index contributed by atoms with van der Waals surface area (Å²) in [6.45, 7) is -2.32. The fraction of sp³-hybridized carbons (Fsp3) is 0.500. The molecule has 2 amide bonds. The summed E-state index contributed by atoms with van der Waals surface area (Å²) in [5.74, 6) is -2.14. The summed E-state index contributed by atoms with van der Waals surface area (Å²) in [6.07, 6.45) is -5.99. The molecule has 1 unspecified atom stereocenters. The number of nitrogens with zero attached hydrogens (tertiary/aromatic N) is 2. The zero-order valence-electron chi connectivity index (χ0n) is 23.6. The molecule has 1 aliphatic carbocycles. The van der Waals surface area contributed by atoms with Gasteiger partial charge < -0.3 is 14.9 Å². The minimum absolute atomic E-state index is 0.158. The van der Waals surface area contributed by atoms with Gasteiger partial charge in [-0.05, 0) is 67.0 Å². The Labute approximate surface area is 221 Å². The van der Waals surface area contributed by atoms with E-state index in [1.165, 1.54) is 29.2 Å². The highest BCUT2D eigenvalue weighted by Gasteiger charge is 2.56. The molecule has 2 aromatic carbocycles. The van der Waals surface area contributed by atoms with Gasteiger partial charge in [0.25, 0.3) is 5.91 Å². The molecule has 0 radical (unpaired) electrons. The quantitative estimate of drug-likeness (QED) is 0.593. The molecule has 2 fully saturated rings. The van der Waals surface area contributed by atoms with Crippen molar-refractivity contribution in [2.75, 3.05) is 13.5 Å². The molecule has 5 nitrogen and oxygen atoms in total. The normalized spacial score (nSPS) is 30.2. The van der Waals surface area contributed by atoms with Crippen LogP contribution in [0.25, 0.3) is 0 Å². The highest BCUT2D eigenvalue weighted by molar-refractivity contribution is 5.93. The Morgan fingerprint density at radius 2 is 1.89 bits per heavy atom. The van der Waals surface area contributed by atoms with Gasteiger partial charge in [-0.15, -0.1) is 0 Å². The Balaban J connectivity index is 1.56. The SMILES string of the molecule is [2H]C([2H])([2H])N1C(=O)[C@@H](O)C[C@H]1C(=O)N1CC[C@@]2(Cc3ccc(F)cc3)c3ccc(C(C)(F)C(F)(F)F)cc3CC[C@@H]12. The molecule has 2 saturated heterocycles. The lowest BCUT2D eigenvalue weighted by atomic mass is 9.63. The second kappa shape index (κ2) is 9.03. The zero-order valence-corrected chi connectivity index (χ0v) is 20.6. The number of aliphatic hydroxyl groups is 1. The first kappa shape index (κ1) is 22.9. The van der Waals surface area contributed by atoms with Gasteiger partial charge in [0.1, 0.15) is 18.0 Å². The molecule has 3 aliphatic rings. The topological polar surface area (TPSA) is 60.9 Å². The van der Waals surface area contributed by atoms with Gasteiger partial charge in [0.15, 0.2) is 0 Å². The Morgan fingerprint density at radius 1 is 1.18 bits per heavy atom.